The Morgan fingerprint density at radius 2 is 2.30 bits per heavy atom. The topological polar surface area (TPSA) is 58.6 Å². The van der Waals surface area contributed by atoms with Gasteiger partial charge < -0.3 is 15.2 Å². The molecule has 0 radical (unpaired) electrons. The van der Waals surface area contributed by atoms with Crippen molar-refractivity contribution in [2.75, 3.05) is 19.8 Å². The lowest BCUT2D eigenvalue weighted by Crippen LogP contribution is -2.46. The molecule has 0 bridgehead atoms. The Hall–Kier alpha value is -1.83. The molecule has 0 saturated carbocycles. The summed E-state index contributed by atoms with van der Waals surface area (Å²) in [5.41, 5.74) is 1.99. The van der Waals surface area contributed by atoms with Crippen molar-refractivity contribution in [2.24, 2.45) is 0 Å². The van der Waals surface area contributed by atoms with Crippen LogP contribution in [0.5, 0.6) is 0 Å². The molecule has 4 heteroatoms. The second kappa shape index (κ2) is 6.08. The number of aryl methyl sites for hydroxylation is 1. The van der Waals surface area contributed by atoms with Gasteiger partial charge in [-0.15, -0.1) is 0 Å². The fourth-order valence-electron chi connectivity index (χ4n) is 2.24. The SMILES string of the molecule is Cc1cc(C#CCO)cc(C(=O)NC2(C)CCOC2)c1. The van der Waals surface area contributed by atoms with E-state index in [0.717, 1.165) is 17.5 Å². The zero-order valence-corrected chi connectivity index (χ0v) is 11.8. The van der Waals surface area contributed by atoms with Crippen LogP contribution in [0.3, 0.4) is 0 Å². The maximum Gasteiger partial charge on any atom is 0.251 e. The molecular formula is C16H19NO3. The molecule has 1 amide bonds. The molecule has 4 nitrogen and oxygen atoms in total. The Bertz CT molecular complexity index is 563. The van der Waals surface area contributed by atoms with E-state index in [2.05, 4.69) is 17.2 Å². The number of hydrogen-bond donors (Lipinski definition) is 2. The van der Waals surface area contributed by atoms with Crippen LogP contribution in [0.2, 0.25) is 0 Å². The largest absolute Gasteiger partial charge is 0.384 e. The predicted octanol–water partition coefficient (Wildman–Crippen LogP) is 1.25. The lowest BCUT2D eigenvalue weighted by Gasteiger charge is -2.23. The molecule has 1 unspecified atom stereocenters. The quantitative estimate of drug-likeness (QED) is 0.797. The van der Waals surface area contributed by atoms with Crippen molar-refractivity contribution in [3.8, 4) is 11.8 Å². The highest BCUT2D eigenvalue weighted by Crippen LogP contribution is 2.19. The number of amides is 1. The number of carbonyl (C=O) groups excluding carboxylic acids is 1. The van der Waals surface area contributed by atoms with E-state index in [1.54, 1.807) is 6.07 Å². The summed E-state index contributed by atoms with van der Waals surface area (Å²) >= 11 is 0. The van der Waals surface area contributed by atoms with E-state index in [0.29, 0.717) is 18.8 Å². The summed E-state index contributed by atoms with van der Waals surface area (Å²) in [4.78, 5) is 12.3. The molecule has 1 aliphatic heterocycles. The standard InChI is InChI=1S/C16H19NO3/c1-12-8-13(4-3-6-18)10-14(9-12)15(19)17-16(2)5-7-20-11-16/h8-10,18H,5-7,11H2,1-2H3,(H,17,19). The molecule has 0 aliphatic carbocycles. The predicted molar refractivity (Wildman–Crippen MR) is 76.5 cm³/mol. The summed E-state index contributed by atoms with van der Waals surface area (Å²) in [6.07, 6.45) is 0.821. The third-order valence-corrected chi connectivity index (χ3v) is 3.29. The van der Waals surface area contributed by atoms with Gasteiger partial charge in [0, 0.05) is 17.7 Å². The minimum Gasteiger partial charge on any atom is -0.384 e. The summed E-state index contributed by atoms with van der Waals surface area (Å²) in [6.45, 7) is 4.94. The third kappa shape index (κ3) is 3.60. The number of rotatable bonds is 2. The van der Waals surface area contributed by atoms with E-state index in [1.807, 2.05) is 26.0 Å². The van der Waals surface area contributed by atoms with Gasteiger partial charge in [0.15, 0.2) is 0 Å². The molecule has 2 rings (SSSR count). The van der Waals surface area contributed by atoms with Crippen molar-refractivity contribution in [3.05, 3.63) is 34.9 Å². The van der Waals surface area contributed by atoms with Gasteiger partial charge in [-0.25, -0.2) is 0 Å². The Balaban J connectivity index is 2.19. The fourth-order valence-corrected chi connectivity index (χ4v) is 2.24. The Morgan fingerprint density at radius 3 is 2.95 bits per heavy atom. The molecule has 1 aromatic rings. The van der Waals surface area contributed by atoms with Gasteiger partial charge in [-0.2, -0.15) is 0 Å². The van der Waals surface area contributed by atoms with Gasteiger partial charge in [0.25, 0.3) is 5.91 Å². The van der Waals surface area contributed by atoms with E-state index in [1.165, 1.54) is 0 Å². The molecule has 1 heterocycles. The first-order valence-electron chi connectivity index (χ1n) is 6.64. The van der Waals surface area contributed by atoms with Crippen LogP contribution in [0.1, 0.15) is 34.8 Å². The van der Waals surface area contributed by atoms with Crippen LogP contribution in [-0.4, -0.2) is 36.4 Å². The number of aliphatic hydroxyl groups excluding tert-OH is 1. The normalized spacial score (nSPS) is 21.1. The summed E-state index contributed by atoms with van der Waals surface area (Å²) < 4.78 is 5.33. The van der Waals surface area contributed by atoms with E-state index in [9.17, 15) is 4.79 Å². The molecule has 0 spiro atoms. The molecule has 1 aliphatic rings. The van der Waals surface area contributed by atoms with Crippen molar-refractivity contribution < 1.29 is 14.6 Å². The Labute approximate surface area is 119 Å². The first-order valence-corrected chi connectivity index (χ1v) is 6.64. The maximum absolute atomic E-state index is 12.3. The molecular weight excluding hydrogens is 254 g/mol. The third-order valence-electron chi connectivity index (χ3n) is 3.29. The van der Waals surface area contributed by atoms with Gasteiger partial charge in [-0.3, -0.25) is 4.79 Å². The second-order valence-electron chi connectivity index (χ2n) is 5.36. The Kier molecular flexibility index (Phi) is 4.43. The number of nitrogens with one attached hydrogen (secondary N) is 1. The fraction of sp³-hybridized carbons (Fsp3) is 0.438. The van der Waals surface area contributed by atoms with Crippen molar-refractivity contribution >= 4 is 5.91 Å². The Morgan fingerprint density at radius 1 is 1.50 bits per heavy atom. The van der Waals surface area contributed by atoms with Crippen LogP contribution in [-0.2, 0) is 4.74 Å². The van der Waals surface area contributed by atoms with Gasteiger partial charge in [0.2, 0.25) is 0 Å². The van der Waals surface area contributed by atoms with Crippen LogP contribution in [0.15, 0.2) is 18.2 Å². The number of benzene rings is 1. The van der Waals surface area contributed by atoms with Crippen LogP contribution >= 0.6 is 0 Å². The molecule has 1 atom stereocenters. The number of hydrogen-bond acceptors (Lipinski definition) is 3. The number of aliphatic hydroxyl groups is 1. The van der Waals surface area contributed by atoms with Crippen molar-refractivity contribution in [1.82, 2.24) is 5.32 Å². The first-order chi connectivity index (χ1) is 9.52. The molecule has 1 saturated heterocycles. The molecule has 1 fully saturated rings. The highest BCUT2D eigenvalue weighted by Gasteiger charge is 2.31. The van der Waals surface area contributed by atoms with Crippen molar-refractivity contribution in [2.45, 2.75) is 25.8 Å². The zero-order chi connectivity index (χ0) is 14.6. The highest BCUT2D eigenvalue weighted by molar-refractivity contribution is 5.95. The molecule has 106 valence electrons. The van der Waals surface area contributed by atoms with Gasteiger partial charge in [0.05, 0.1) is 12.1 Å². The highest BCUT2D eigenvalue weighted by atomic mass is 16.5. The smallest absolute Gasteiger partial charge is 0.251 e. The van der Waals surface area contributed by atoms with Gasteiger partial charge in [-0.05, 0) is 44.0 Å². The van der Waals surface area contributed by atoms with Crippen molar-refractivity contribution in [3.63, 3.8) is 0 Å². The average molecular weight is 273 g/mol. The summed E-state index contributed by atoms with van der Waals surface area (Å²) in [5, 5.41) is 11.8. The summed E-state index contributed by atoms with van der Waals surface area (Å²) in [5.74, 6) is 5.30. The first kappa shape index (κ1) is 14.6. The molecule has 1 aromatic carbocycles. The summed E-state index contributed by atoms with van der Waals surface area (Å²) in [6, 6.07) is 5.46. The van der Waals surface area contributed by atoms with Gasteiger partial charge in [-0.1, -0.05) is 11.8 Å². The molecule has 0 aromatic heterocycles. The lowest BCUT2D eigenvalue weighted by molar-refractivity contribution is 0.0889. The van der Waals surface area contributed by atoms with Gasteiger partial charge >= 0.3 is 0 Å². The monoisotopic (exact) mass is 273 g/mol. The molecule has 2 N–H and O–H groups in total. The van der Waals surface area contributed by atoms with Crippen molar-refractivity contribution in [1.29, 1.82) is 0 Å². The minimum atomic E-state index is -0.294. The molecule has 20 heavy (non-hydrogen) atoms. The van der Waals surface area contributed by atoms with E-state index >= 15 is 0 Å². The summed E-state index contributed by atoms with van der Waals surface area (Å²) in [7, 11) is 0. The second-order valence-corrected chi connectivity index (χ2v) is 5.36. The van der Waals surface area contributed by atoms with Crippen LogP contribution < -0.4 is 5.32 Å². The van der Waals surface area contributed by atoms with Crippen LogP contribution in [0.4, 0.5) is 0 Å². The maximum atomic E-state index is 12.3. The van der Waals surface area contributed by atoms with E-state index in [-0.39, 0.29) is 18.1 Å². The lowest BCUT2D eigenvalue weighted by atomic mass is 10.00. The minimum absolute atomic E-state index is 0.117. The zero-order valence-electron chi connectivity index (χ0n) is 11.8. The van der Waals surface area contributed by atoms with Gasteiger partial charge in [0.1, 0.15) is 6.61 Å². The average Bonchev–Trinajstić information content (AvgIpc) is 2.82. The number of ether oxygens (including phenoxy) is 1. The number of carbonyl (C=O) groups is 1. The van der Waals surface area contributed by atoms with E-state index < -0.39 is 0 Å². The van der Waals surface area contributed by atoms with Crippen LogP contribution in [0.25, 0.3) is 0 Å². The van der Waals surface area contributed by atoms with Crippen LogP contribution in [0, 0.1) is 18.8 Å². The van der Waals surface area contributed by atoms with E-state index in [4.69, 9.17) is 9.84 Å².